The number of carbonyl (C=O) groups is 2. The molecule has 6 nitrogen and oxygen atoms in total. The molecule has 1 saturated carbocycles. The standard InChI is InChI=1S/C19H23N3O3/c1-13(18-7-4-10-25-18)22(17-8-9-17)19(24)20-12-15-5-3-6-16(11-15)21-14(2)23/h3-7,10-11,13,17H,8-9,12H2,1-2H3,(H,20,24)(H,21,23)/t13-/m1/s1. The van der Waals surface area contributed by atoms with E-state index >= 15 is 0 Å². The number of urea groups is 1. The Morgan fingerprint density at radius 2 is 2.08 bits per heavy atom. The summed E-state index contributed by atoms with van der Waals surface area (Å²) in [5.74, 6) is 0.670. The summed E-state index contributed by atoms with van der Waals surface area (Å²) in [6, 6.07) is 11.3. The molecule has 132 valence electrons. The van der Waals surface area contributed by atoms with Gasteiger partial charge in [-0.3, -0.25) is 4.79 Å². The SMILES string of the molecule is CC(=O)Nc1cccc(CNC(=O)N(C2CC2)[C@H](C)c2ccco2)c1. The van der Waals surface area contributed by atoms with E-state index in [1.165, 1.54) is 6.92 Å². The van der Waals surface area contributed by atoms with Gasteiger partial charge in [-0.15, -0.1) is 0 Å². The Morgan fingerprint density at radius 1 is 1.28 bits per heavy atom. The zero-order valence-electron chi connectivity index (χ0n) is 14.5. The minimum absolute atomic E-state index is 0.101. The number of anilines is 1. The molecule has 0 radical (unpaired) electrons. The van der Waals surface area contributed by atoms with Gasteiger partial charge in [-0.1, -0.05) is 12.1 Å². The van der Waals surface area contributed by atoms with Gasteiger partial charge in [0.2, 0.25) is 5.91 Å². The number of nitrogens with zero attached hydrogens (tertiary/aromatic N) is 1. The lowest BCUT2D eigenvalue weighted by Crippen LogP contribution is -2.42. The van der Waals surface area contributed by atoms with Gasteiger partial charge in [0.25, 0.3) is 0 Å². The highest BCUT2D eigenvalue weighted by Crippen LogP contribution is 2.34. The Balaban J connectivity index is 1.63. The van der Waals surface area contributed by atoms with Crippen molar-refractivity contribution >= 4 is 17.6 Å². The molecule has 0 spiro atoms. The summed E-state index contributed by atoms with van der Waals surface area (Å²) >= 11 is 0. The highest BCUT2D eigenvalue weighted by atomic mass is 16.3. The van der Waals surface area contributed by atoms with Gasteiger partial charge in [-0.05, 0) is 49.6 Å². The molecule has 2 N–H and O–H groups in total. The molecule has 0 aliphatic heterocycles. The molecular formula is C19H23N3O3. The Hall–Kier alpha value is -2.76. The fourth-order valence-corrected chi connectivity index (χ4v) is 2.91. The zero-order chi connectivity index (χ0) is 17.8. The number of nitrogens with one attached hydrogen (secondary N) is 2. The molecule has 0 unspecified atom stereocenters. The van der Waals surface area contributed by atoms with Crippen LogP contribution in [0.25, 0.3) is 0 Å². The monoisotopic (exact) mass is 341 g/mol. The summed E-state index contributed by atoms with van der Waals surface area (Å²) < 4.78 is 5.46. The van der Waals surface area contributed by atoms with E-state index in [2.05, 4.69) is 10.6 Å². The van der Waals surface area contributed by atoms with Crippen molar-refractivity contribution < 1.29 is 14.0 Å². The van der Waals surface area contributed by atoms with Crippen LogP contribution in [0.3, 0.4) is 0 Å². The normalized spacial score (nSPS) is 14.6. The van der Waals surface area contributed by atoms with Gasteiger partial charge in [-0.25, -0.2) is 4.79 Å². The second kappa shape index (κ2) is 7.42. The van der Waals surface area contributed by atoms with Crippen LogP contribution in [0.5, 0.6) is 0 Å². The van der Waals surface area contributed by atoms with Crippen molar-refractivity contribution in [2.24, 2.45) is 0 Å². The molecule has 0 bridgehead atoms. The molecule has 1 aliphatic rings. The fraction of sp³-hybridized carbons (Fsp3) is 0.368. The van der Waals surface area contributed by atoms with Gasteiger partial charge in [0, 0.05) is 25.2 Å². The molecule has 2 aromatic rings. The van der Waals surface area contributed by atoms with E-state index in [9.17, 15) is 9.59 Å². The smallest absolute Gasteiger partial charge is 0.318 e. The average molecular weight is 341 g/mol. The van der Waals surface area contributed by atoms with Crippen LogP contribution in [0.2, 0.25) is 0 Å². The predicted octanol–water partition coefficient (Wildman–Crippen LogP) is 3.67. The third-order valence-electron chi connectivity index (χ3n) is 4.24. The number of amides is 3. The number of furan rings is 1. The van der Waals surface area contributed by atoms with Crippen molar-refractivity contribution in [3.05, 3.63) is 54.0 Å². The third kappa shape index (κ3) is 4.41. The van der Waals surface area contributed by atoms with E-state index in [-0.39, 0.29) is 24.0 Å². The summed E-state index contributed by atoms with van der Waals surface area (Å²) in [6.45, 7) is 3.85. The molecule has 1 heterocycles. The van der Waals surface area contributed by atoms with Crippen LogP contribution >= 0.6 is 0 Å². The number of hydrogen-bond donors (Lipinski definition) is 2. The number of rotatable bonds is 6. The topological polar surface area (TPSA) is 74.6 Å². The van der Waals surface area contributed by atoms with E-state index < -0.39 is 0 Å². The first kappa shape index (κ1) is 17.1. The summed E-state index contributed by atoms with van der Waals surface area (Å²) in [5, 5.41) is 5.72. The maximum atomic E-state index is 12.7. The summed E-state index contributed by atoms with van der Waals surface area (Å²) in [4.78, 5) is 25.7. The third-order valence-corrected chi connectivity index (χ3v) is 4.24. The van der Waals surface area contributed by atoms with Crippen LogP contribution in [0.15, 0.2) is 47.1 Å². The summed E-state index contributed by atoms with van der Waals surface area (Å²) in [5.41, 5.74) is 1.66. The highest BCUT2D eigenvalue weighted by molar-refractivity contribution is 5.88. The first-order valence-corrected chi connectivity index (χ1v) is 8.50. The van der Waals surface area contributed by atoms with Crippen LogP contribution in [0.4, 0.5) is 10.5 Å². The summed E-state index contributed by atoms with van der Waals surface area (Å²) in [7, 11) is 0. The number of hydrogen-bond acceptors (Lipinski definition) is 3. The van der Waals surface area contributed by atoms with Gasteiger partial charge in [0.1, 0.15) is 5.76 Å². The first-order chi connectivity index (χ1) is 12.0. The molecule has 1 aliphatic carbocycles. The zero-order valence-corrected chi connectivity index (χ0v) is 14.5. The van der Waals surface area contributed by atoms with Gasteiger partial charge >= 0.3 is 6.03 Å². The molecular weight excluding hydrogens is 318 g/mol. The molecule has 1 aromatic carbocycles. The largest absolute Gasteiger partial charge is 0.467 e. The Kier molecular flexibility index (Phi) is 5.07. The Bertz CT molecular complexity index is 738. The van der Waals surface area contributed by atoms with Gasteiger partial charge in [0.15, 0.2) is 0 Å². The van der Waals surface area contributed by atoms with Crippen molar-refractivity contribution in [2.45, 2.75) is 45.3 Å². The van der Waals surface area contributed by atoms with Crippen molar-refractivity contribution in [3.8, 4) is 0 Å². The van der Waals surface area contributed by atoms with E-state index in [0.29, 0.717) is 6.54 Å². The fourth-order valence-electron chi connectivity index (χ4n) is 2.91. The van der Waals surface area contributed by atoms with E-state index in [1.807, 2.05) is 48.2 Å². The van der Waals surface area contributed by atoms with Gasteiger partial charge in [-0.2, -0.15) is 0 Å². The van der Waals surface area contributed by atoms with E-state index in [1.54, 1.807) is 6.26 Å². The molecule has 25 heavy (non-hydrogen) atoms. The lowest BCUT2D eigenvalue weighted by molar-refractivity contribution is -0.114. The number of carbonyl (C=O) groups excluding carboxylic acids is 2. The van der Waals surface area contributed by atoms with Crippen LogP contribution in [-0.4, -0.2) is 22.9 Å². The lowest BCUT2D eigenvalue weighted by atomic mass is 10.2. The maximum Gasteiger partial charge on any atom is 0.318 e. The van der Waals surface area contributed by atoms with Crippen molar-refractivity contribution in [1.82, 2.24) is 10.2 Å². The second-order valence-corrected chi connectivity index (χ2v) is 6.37. The van der Waals surface area contributed by atoms with Crippen LogP contribution < -0.4 is 10.6 Å². The number of benzene rings is 1. The highest BCUT2D eigenvalue weighted by Gasteiger charge is 2.37. The van der Waals surface area contributed by atoms with Crippen LogP contribution in [-0.2, 0) is 11.3 Å². The quantitative estimate of drug-likeness (QED) is 0.842. The Morgan fingerprint density at radius 3 is 2.72 bits per heavy atom. The van der Waals surface area contributed by atoms with Gasteiger partial charge in [0.05, 0.1) is 12.3 Å². The summed E-state index contributed by atoms with van der Waals surface area (Å²) in [6.07, 6.45) is 3.68. The molecule has 0 saturated heterocycles. The lowest BCUT2D eigenvalue weighted by Gasteiger charge is -2.28. The van der Waals surface area contributed by atoms with Crippen LogP contribution in [0, 0.1) is 0 Å². The Labute approximate surface area is 147 Å². The van der Waals surface area contributed by atoms with E-state index in [4.69, 9.17) is 4.42 Å². The molecule has 1 fully saturated rings. The van der Waals surface area contributed by atoms with Gasteiger partial charge < -0.3 is 20.0 Å². The molecule has 6 heteroatoms. The molecule has 3 amide bonds. The van der Waals surface area contributed by atoms with Crippen molar-refractivity contribution in [2.75, 3.05) is 5.32 Å². The minimum atomic E-state index is -0.117. The molecule has 1 atom stereocenters. The molecule has 3 rings (SSSR count). The maximum absolute atomic E-state index is 12.7. The van der Waals surface area contributed by atoms with Crippen molar-refractivity contribution in [1.29, 1.82) is 0 Å². The van der Waals surface area contributed by atoms with Crippen molar-refractivity contribution in [3.63, 3.8) is 0 Å². The van der Waals surface area contributed by atoms with Crippen LogP contribution in [0.1, 0.15) is 44.1 Å². The second-order valence-electron chi connectivity index (χ2n) is 6.37. The predicted molar refractivity (Wildman–Crippen MR) is 95.0 cm³/mol. The minimum Gasteiger partial charge on any atom is -0.467 e. The first-order valence-electron chi connectivity index (χ1n) is 8.50. The average Bonchev–Trinajstić information content (AvgIpc) is 3.24. The van der Waals surface area contributed by atoms with E-state index in [0.717, 1.165) is 29.9 Å². The molecule has 1 aromatic heterocycles.